The molecule has 30 heavy (non-hydrogen) atoms. The summed E-state index contributed by atoms with van der Waals surface area (Å²) in [5, 5.41) is 3.88. The Kier molecular flexibility index (Phi) is 6.71. The highest BCUT2D eigenvalue weighted by molar-refractivity contribution is 5.91. The van der Waals surface area contributed by atoms with Crippen LogP contribution in [0.25, 0.3) is 0 Å². The molecule has 2 aromatic rings. The summed E-state index contributed by atoms with van der Waals surface area (Å²) in [5.74, 6) is 0.438. The van der Waals surface area contributed by atoms with Gasteiger partial charge in [0, 0.05) is 33.1 Å². The highest BCUT2D eigenvalue weighted by Crippen LogP contribution is 2.18. The maximum Gasteiger partial charge on any atom is 0.338 e. The quantitative estimate of drug-likeness (QED) is 0.662. The van der Waals surface area contributed by atoms with Crippen LogP contribution in [0.5, 0.6) is 5.75 Å². The fourth-order valence-corrected chi connectivity index (χ4v) is 3.12. The first-order valence-corrected chi connectivity index (χ1v) is 9.70. The Morgan fingerprint density at radius 2 is 1.67 bits per heavy atom. The molecule has 1 aromatic carbocycles. The first-order valence-electron chi connectivity index (χ1n) is 9.70. The second-order valence-corrected chi connectivity index (χ2v) is 7.08. The van der Waals surface area contributed by atoms with Crippen LogP contribution < -0.4 is 4.74 Å². The van der Waals surface area contributed by atoms with Crippen LogP contribution >= 0.6 is 0 Å². The number of aryl methyl sites for hydroxylation is 2. The van der Waals surface area contributed by atoms with Gasteiger partial charge in [-0.25, -0.2) is 4.79 Å². The Morgan fingerprint density at radius 3 is 2.23 bits per heavy atom. The van der Waals surface area contributed by atoms with Crippen molar-refractivity contribution >= 4 is 17.8 Å². The average molecular weight is 415 g/mol. The van der Waals surface area contributed by atoms with Crippen LogP contribution in [-0.2, 0) is 20.9 Å². The van der Waals surface area contributed by atoms with E-state index in [9.17, 15) is 14.4 Å². The van der Waals surface area contributed by atoms with Crippen LogP contribution in [0.4, 0.5) is 0 Å². The number of aromatic nitrogens is 1. The Hall–Kier alpha value is -3.36. The van der Waals surface area contributed by atoms with Crippen LogP contribution in [0.1, 0.15) is 34.3 Å². The molecule has 3 rings (SSSR count). The van der Waals surface area contributed by atoms with E-state index in [1.54, 1.807) is 34.1 Å². The Bertz CT molecular complexity index is 894. The molecule has 2 heterocycles. The molecule has 1 fully saturated rings. The molecule has 2 amide bonds. The number of benzene rings is 1. The smallest absolute Gasteiger partial charge is 0.338 e. The largest absolute Gasteiger partial charge is 0.489 e. The summed E-state index contributed by atoms with van der Waals surface area (Å²) >= 11 is 0. The Balaban J connectivity index is 1.45. The van der Waals surface area contributed by atoms with Gasteiger partial charge in [0.15, 0.2) is 6.61 Å². The minimum atomic E-state index is -0.581. The first-order chi connectivity index (χ1) is 14.3. The van der Waals surface area contributed by atoms with Crippen molar-refractivity contribution in [3.63, 3.8) is 0 Å². The van der Waals surface area contributed by atoms with E-state index in [1.807, 2.05) is 13.8 Å². The minimum absolute atomic E-state index is 0.00680. The van der Waals surface area contributed by atoms with E-state index >= 15 is 0 Å². The molecule has 0 radical (unpaired) electrons. The number of hydrogen-bond donors (Lipinski definition) is 0. The van der Waals surface area contributed by atoms with Gasteiger partial charge < -0.3 is 23.8 Å². The number of amides is 2. The summed E-state index contributed by atoms with van der Waals surface area (Å²) in [6.07, 6.45) is 0. The molecule has 1 saturated heterocycles. The van der Waals surface area contributed by atoms with Gasteiger partial charge in [-0.2, -0.15) is 0 Å². The van der Waals surface area contributed by atoms with E-state index in [2.05, 4.69) is 5.16 Å². The number of carbonyl (C=O) groups is 3. The van der Waals surface area contributed by atoms with Crippen LogP contribution in [0.2, 0.25) is 0 Å². The molecule has 1 aliphatic heterocycles. The van der Waals surface area contributed by atoms with Crippen molar-refractivity contribution in [1.29, 1.82) is 0 Å². The summed E-state index contributed by atoms with van der Waals surface area (Å²) in [4.78, 5) is 39.1. The van der Waals surface area contributed by atoms with E-state index < -0.39 is 5.97 Å². The molecule has 0 atom stereocenters. The third kappa shape index (κ3) is 5.16. The molecule has 0 unspecified atom stereocenters. The lowest BCUT2D eigenvalue weighted by Crippen LogP contribution is -2.51. The second kappa shape index (κ2) is 9.43. The summed E-state index contributed by atoms with van der Waals surface area (Å²) in [6, 6.07) is 6.50. The fraction of sp³-hybridized carbons (Fsp3) is 0.429. The lowest BCUT2D eigenvalue weighted by Gasteiger charge is -2.34. The number of nitrogens with zero attached hydrogens (tertiary/aromatic N) is 3. The van der Waals surface area contributed by atoms with Gasteiger partial charge in [-0.1, -0.05) is 5.16 Å². The van der Waals surface area contributed by atoms with Crippen molar-refractivity contribution < 1.29 is 28.4 Å². The van der Waals surface area contributed by atoms with E-state index in [0.29, 0.717) is 49.9 Å². The number of esters is 1. The third-order valence-corrected chi connectivity index (χ3v) is 5.06. The van der Waals surface area contributed by atoms with Gasteiger partial charge >= 0.3 is 5.97 Å². The van der Waals surface area contributed by atoms with Crippen LogP contribution in [-0.4, -0.2) is 65.5 Å². The van der Waals surface area contributed by atoms with Gasteiger partial charge in [0.1, 0.15) is 18.1 Å². The number of carbonyl (C=O) groups excluding carboxylic acids is 3. The summed E-state index contributed by atoms with van der Waals surface area (Å²) < 4.78 is 15.9. The van der Waals surface area contributed by atoms with Gasteiger partial charge in [-0.05, 0) is 38.1 Å². The lowest BCUT2D eigenvalue weighted by molar-refractivity contribution is -0.140. The van der Waals surface area contributed by atoms with E-state index in [-0.39, 0.29) is 18.4 Å². The highest BCUT2D eigenvalue weighted by atomic mass is 16.5. The molecule has 0 N–H and O–H groups in total. The summed E-state index contributed by atoms with van der Waals surface area (Å²) in [7, 11) is 0. The lowest BCUT2D eigenvalue weighted by atomic mass is 10.2. The highest BCUT2D eigenvalue weighted by Gasteiger charge is 2.23. The molecule has 160 valence electrons. The van der Waals surface area contributed by atoms with Gasteiger partial charge in [0.05, 0.1) is 16.8 Å². The van der Waals surface area contributed by atoms with Gasteiger partial charge in [0.25, 0.3) is 5.91 Å². The number of hydrogen-bond acceptors (Lipinski definition) is 7. The maximum absolute atomic E-state index is 12.2. The number of rotatable bonds is 6. The molecule has 0 aliphatic carbocycles. The van der Waals surface area contributed by atoms with E-state index in [0.717, 1.165) is 11.3 Å². The van der Waals surface area contributed by atoms with Crippen molar-refractivity contribution in [3.05, 3.63) is 46.8 Å². The second-order valence-electron chi connectivity index (χ2n) is 7.08. The topological polar surface area (TPSA) is 102 Å². The van der Waals surface area contributed by atoms with Gasteiger partial charge in [-0.15, -0.1) is 0 Å². The SMILES string of the molecule is CC(=O)N1CCN(C(=O)COC(=O)c2ccc(OCc3c(C)noc3C)cc2)CC1. The molecule has 0 spiro atoms. The molecule has 1 aromatic heterocycles. The molecule has 0 saturated carbocycles. The predicted octanol–water partition coefficient (Wildman–Crippen LogP) is 1.72. The van der Waals surface area contributed by atoms with Crippen molar-refractivity contribution in [2.24, 2.45) is 0 Å². The molecule has 1 aliphatic rings. The number of piperazine rings is 1. The Morgan fingerprint density at radius 1 is 1.03 bits per heavy atom. The maximum atomic E-state index is 12.2. The van der Waals surface area contributed by atoms with Gasteiger partial charge in [0.2, 0.25) is 5.91 Å². The standard InChI is InChI=1S/C21H25N3O6/c1-14-19(15(2)30-22-14)12-28-18-6-4-17(5-7-18)21(27)29-13-20(26)24-10-8-23(9-11-24)16(3)25/h4-7H,8-13H2,1-3H3. The first kappa shape index (κ1) is 21.4. The zero-order chi connectivity index (χ0) is 21.7. The average Bonchev–Trinajstić information content (AvgIpc) is 3.08. The number of ether oxygens (including phenoxy) is 2. The minimum Gasteiger partial charge on any atom is -0.489 e. The normalized spacial score (nSPS) is 13.8. The van der Waals surface area contributed by atoms with E-state index in [4.69, 9.17) is 14.0 Å². The summed E-state index contributed by atoms with van der Waals surface area (Å²) in [6.45, 7) is 7.02. The van der Waals surface area contributed by atoms with Gasteiger partial charge in [-0.3, -0.25) is 9.59 Å². The monoisotopic (exact) mass is 415 g/mol. The Labute approximate surface area is 174 Å². The van der Waals surface area contributed by atoms with Crippen LogP contribution in [0.15, 0.2) is 28.8 Å². The van der Waals surface area contributed by atoms with Crippen molar-refractivity contribution in [3.8, 4) is 5.75 Å². The summed E-state index contributed by atoms with van der Waals surface area (Å²) in [5.41, 5.74) is 2.00. The van der Waals surface area contributed by atoms with Crippen LogP contribution in [0.3, 0.4) is 0 Å². The zero-order valence-electron chi connectivity index (χ0n) is 17.3. The molecular weight excluding hydrogens is 390 g/mol. The molecule has 0 bridgehead atoms. The molecule has 9 nitrogen and oxygen atoms in total. The van der Waals surface area contributed by atoms with Crippen molar-refractivity contribution in [2.45, 2.75) is 27.4 Å². The molecule has 9 heteroatoms. The fourth-order valence-electron chi connectivity index (χ4n) is 3.12. The third-order valence-electron chi connectivity index (χ3n) is 5.06. The van der Waals surface area contributed by atoms with Crippen molar-refractivity contribution in [1.82, 2.24) is 15.0 Å². The van der Waals surface area contributed by atoms with Crippen molar-refractivity contribution in [2.75, 3.05) is 32.8 Å². The predicted molar refractivity (Wildman–Crippen MR) is 106 cm³/mol. The van der Waals surface area contributed by atoms with Crippen LogP contribution in [0, 0.1) is 13.8 Å². The van der Waals surface area contributed by atoms with E-state index in [1.165, 1.54) is 6.92 Å². The molecular formula is C21H25N3O6. The zero-order valence-corrected chi connectivity index (χ0v) is 17.3.